The number of nitrogens with one attached hydrogen (secondary N) is 2. The summed E-state index contributed by atoms with van der Waals surface area (Å²) in [5.74, 6) is -1.52. The van der Waals surface area contributed by atoms with Crippen LogP contribution in [0.1, 0.15) is 16.1 Å². The van der Waals surface area contributed by atoms with Crippen molar-refractivity contribution in [3.8, 4) is 11.1 Å². The molecule has 0 radical (unpaired) electrons. The molecule has 33 heavy (non-hydrogen) atoms. The molecule has 0 bridgehead atoms. The maximum atomic E-state index is 14.0. The second-order valence-corrected chi connectivity index (χ2v) is 7.15. The van der Waals surface area contributed by atoms with Gasteiger partial charge in [0.2, 0.25) is 0 Å². The lowest BCUT2D eigenvalue weighted by Crippen LogP contribution is -2.16. The van der Waals surface area contributed by atoms with Crippen molar-refractivity contribution in [2.45, 2.75) is 6.18 Å². The SMILES string of the molecule is Nc1n[nH]c2cncc(-c3ccn4c(C(=O)Nc5cc(C(F)(F)F)ccc5F)cnc4c3)c12. The Balaban J connectivity index is 1.50. The van der Waals surface area contributed by atoms with Gasteiger partial charge in [0.25, 0.3) is 5.91 Å². The van der Waals surface area contributed by atoms with E-state index in [0.29, 0.717) is 51.7 Å². The minimum Gasteiger partial charge on any atom is -0.382 e. The highest BCUT2D eigenvalue weighted by Crippen LogP contribution is 2.33. The van der Waals surface area contributed by atoms with Gasteiger partial charge in [-0.3, -0.25) is 19.3 Å². The van der Waals surface area contributed by atoms with Gasteiger partial charge in [0, 0.05) is 18.0 Å². The number of nitrogens with zero attached hydrogens (tertiary/aromatic N) is 4. The highest BCUT2D eigenvalue weighted by Gasteiger charge is 2.31. The molecule has 4 aromatic heterocycles. The number of aromatic amines is 1. The molecule has 4 N–H and O–H groups in total. The lowest BCUT2D eigenvalue weighted by atomic mass is 10.1. The first-order valence-corrected chi connectivity index (χ1v) is 9.45. The Labute approximate surface area is 182 Å². The van der Waals surface area contributed by atoms with E-state index < -0.39 is 29.2 Å². The summed E-state index contributed by atoms with van der Waals surface area (Å²) in [7, 11) is 0. The van der Waals surface area contributed by atoms with E-state index >= 15 is 0 Å². The molecule has 0 atom stereocenters. The number of rotatable bonds is 3. The molecule has 0 fully saturated rings. The molecule has 8 nitrogen and oxygen atoms in total. The molecule has 5 rings (SSSR count). The number of amides is 1. The van der Waals surface area contributed by atoms with Crippen molar-refractivity contribution in [1.29, 1.82) is 0 Å². The Morgan fingerprint density at radius 1 is 1.12 bits per heavy atom. The Morgan fingerprint density at radius 3 is 2.73 bits per heavy atom. The van der Waals surface area contributed by atoms with Crippen molar-refractivity contribution in [3.05, 3.63) is 72.2 Å². The number of hydrogen-bond donors (Lipinski definition) is 3. The number of anilines is 2. The Bertz CT molecular complexity index is 1540. The van der Waals surface area contributed by atoms with Gasteiger partial charge in [-0.25, -0.2) is 9.37 Å². The van der Waals surface area contributed by atoms with Gasteiger partial charge in [-0.15, -0.1) is 0 Å². The number of benzene rings is 1. The van der Waals surface area contributed by atoms with E-state index in [2.05, 4.69) is 25.5 Å². The van der Waals surface area contributed by atoms with E-state index in [1.165, 1.54) is 10.6 Å². The average molecular weight is 455 g/mol. The van der Waals surface area contributed by atoms with Crippen LogP contribution in [0.15, 0.2) is 55.1 Å². The number of nitrogens with two attached hydrogens (primary N) is 1. The number of imidazole rings is 1. The quantitative estimate of drug-likeness (QED) is 0.352. The van der Waals surface area contributed by atoms with E-state index in [9.17, 15) is 22.4 Å². The van der Waals surface area contributed by atoms with Gasteiger partial charge in [0.15, 0.2) is 5.82 Å². The minimum absolute atomic E-state index is 0.00696. The third kappa shape index (κ3) is 3.50. The van der Waals surface area contributed by atoms with Gasteiger partial charge < -0.3 is 11.1 Å². The molecule has 0 saturated carbocycles. The number of H-pyrrole nitrogens is 1. The van der Waals surface area contributed by atoms with Crippen LogP contribution in [0.4, 0.5) is 29.1 Å². The van der Waals surface area contributed by atoms with Crippen LogP contribution in [0.3, 0.4) is 0 Å². The van der Waals surface area contributed by atoms with Crippen molar-refractivity contribution in [3.63, 3.8) is 0 Å². The van der Waals surface area contributed by atoms with E-state index in [1.54, 1.807) is 30.7 Å². The Kier molecular flexibility index (Phi) is 4.51. The van der Waals surface area contributed by atoms with Gasteiger partial charge in [0.05, 0.1) is 34.5 Å². The molecular weight excluding hydrogens is 442 g/mol. The van der Waals surface area contributed by atoms with Crippen LogP contribution >= 0.6 is 0 Å². The van der Waals surface area contributed by atoms with Gasteiger partial charge >= 0.3 is 6.18 Å². The zero-order valence-corrected chi connectivity index (χ0v) is 16.5. The fourth-order valence-electron chi connectivity index (χ4n) is 3.52. The normalized spacial score (nSPS) is 11.9. The van der Waals surface area contributed by atoms with Crippen molar-refractivity contribution in [2.75, 3.05) is 11.1 Å². The largest absolute Gasteiger partial charge is 0.416 e. The summed E-state index contributed by atoms with van der Waals surface area (Å²) in [5.41, 5.74) is 6.71. The summed E-state index contributed by atoms with van der Waals surface area (Å²) in [6.07, 6.45) is 1.33. The zero-order valence-electron chi connectivity index (χ0n) is 16.5. The molecule has 0 saturated heterocycles. The summed E-state index contributed by atoms with van der Waals surface area (Å²) in [6.45, 7) is 0. The number of carbonyl (C=O) groups excluding carboxylic acids is 1. The van der Waals surface area contributed by atoms with Crippen molar-refractivity contribution in [2.24, 2.45) is 0 Å². The number of aromatic nitrogens is 5. The highest BCUT2D eigenvalue weighted by atomic mass is 19.4. The number of hydrogen-bond acceptors (Lipinski definition) is 5. The summed E-state index contributed by atoms with van der Waals surface area (Å²) in [6, 6.07) is 5.17. The predicted octanol–water partition coefficient (Wildman–Crippen LogP) is 4.27. The van der Waals surface area contributed by atoms with E-state index in [4.69, 9.17) is 5.73 Å². The standard InChI is InChI=1S/C21H13F4N7O/c22-13-2-1-11(21(23,24)25)6-14(13)29-20(33)16-9-28-17-5-10(3-4-32(16)17)12-7-27-8-15-18(12)19(26)31-30-15/h1-9H,(H,29,33)(H3,26,30,31). The van der Waals surface area contributed by atoms with Crippen molar-refractivity contribution in [1.82, 2.24) is 24.6 Å². The molecule has 166 valence electrons. The summed E-state index contributed by atoms with van der Waals surface area (Å²) < 4.78 is 54.2. The van der Waals surface area contributed by atoms with Gasteiger partial charge in [-0.2, -0.15) is 18.3 Å². The lowest BCUT2D eigenvalue weighted by Gasteiger charge is -2.11. The first-order valence-electron chi connectivity index (χ1n) is 9.45. The van der Waals surface area contributed by atoms with Crippen LogP contribution < -0.4 is 11.1 Å². The number of halogens is 4. The first kappa shape index (κ1) is 20.4. The van der Waals surface area contributed by atoms with Gasteiger partial charge in [-0.1, -0.05) is 0 Å². The molecule has 0 aliphatic heterocycles. The predicted molar refractivity (Wildman–Crippen MR) is 112 cm³/mol. The number of carbonyl (C=O) groups is 1. The fourth-order valence-corrected chi connectivity index (χ4v) is 3.52. The molecule has 0 aliphatic carbocycles. The summed E-state index contributed by atoms with van der Waals surface area (Å²) in [5, 5.41) is 9.62. The molecule has 4 heterocycles. The van der Waals surface area contributed by atoms with Crippen LogP contribution in [0.25, 0.3) is 27.7 Å². The Morgan fingerprint density at radius 2 is 1.94 bits per heavy atom. The number of fused-ring (bicyclic) bond motifs is 2. The van der Waals surface area contributed by atoms with Crippen molar-refractivity contribution < 1.29 is 22.4 Å². The first-order chi connectivity index (χ1) is 15.7. The minimum atomic E-state index is -4.68. The fraction of sp³-hybridized carbons (Fsp3) is 0.0476. The smallest absolute Gasteiger partial charge is 0.382 e. The Hall–Kier alpha value is -4.48. The molecule has 0 unspecified atom stereocenters. The average Bonchev–Trinajstić information content (AvgIpc) is 3.37. The molecular formula is C21H13F4N7O. The molecule has 5 aromatic rings. The number of alkyl halides is 3. The number of pyridine rings is 2. The molecule has 0 spiro atoms. The van der Waals surface area contributed by atoms with E-state index in [-0.39, 0.29) is 5.69 Å². The van der Waals surface area contributed by atoms with Crippen LogP contribution in [-0.4, -0.2) is 30.5 Å². The molecule has 0 aliphatic rings. The highest BCUT2D eigenvalue weighted by molar-refractivity contribution is 6.04. The third-order valence-corrected chi connectivity index (χ3v) is 5.10. The van der Waals surface area contributed by atoms with E-state index in [1.807, 2.05) is 0 Å². The van der Waals surface area contributed by atoms with Crippen LogP contribution in [0.5, 0.6) is 0 Å². The van der Waals surface area contributed by atoms with Gasteiger partial charge in [0.1, 0.15) is 17.2 Å². The maximum absolute atomic E-state index is 14.0. The van der Waals surface area contributed by atoms with Crippen LogP contribution in [0, 0.1) is 5.82 Å². The van der Waals surface area contributed by atoms with Crippen LogP contribution in [0.2, 0.25) is 0 Å². The maximum Gasteiger partial charge on any atom is 0.416 e. The summed E-state index contributed by atoms with van der Waals surface area (Å²) >= 11 is 0. The second-order valence-electron chi connectivity index (χ2n) is 7.15. The second kappa shape index (κ2) is 7.29. The number of nitrogen functional groups attached to an aromatic ring is 1. The van der Waals surface area contributed by atoms with Crippen LogP contribution in [-0.2, 0) is 6.18 Å². The van der Waals surface area contributed by atoms with Gasteiger partial charge in [-0.05, 0) is 35.9 Å². The van der Waals surface area contributed by atoms with E-state index in [0.717, 1.165) is 0 Å². The molecule has 1 aromatic carbocycles. The monoisotopic (exact) mass is 455 g/mol. The topological polar surface area (TPSA) is 114 Å². The molecule has 12 heteroatoms. The molecule has 1 amide bonds. The zero-order chi connectivity index (χ0) is 23.3. The summed E-state index contributed by atoms with van der Waals surface area (Å²) in [4.78, 5) is 21.0. The third-order valence-electron chi connectivity index (χ3n) is 5.10. The lowest BCUT2D eigenvalue weighted by molar-refractivity contribution is -0.137. The van der Waals surface area contributed by atoms with Crippen molar-refractivity contribution >= 4 is 34.0 Å².